The van der Waals surface area contributed by atoms with E-state index < -0.39 is 21.4 Å². The van der Waals surface area contributed by atoms with E-state index in [1.54, 1.807) is 6.92 Å². The van der Waals surface area contributed by atoms with Gasteiger partial charge < -0.3 is 4.98 Å². The van der Waals surface area contributed by atoms with Crippen LogP contribution in [0.5, 0.6) is 0 Å². The van der Waals surface area contributed by atoms with Crippen LogP contribution < -0.4 is 9.86 Å². The summed E-state index contributed by atoms with van der Waals surface area (Å²) in [4.78, 5) is 13.2. The molecule has 1 aromatic heterocycles. The Hall–Kier alpha value is -2.15. The zero-order valence-corrected chi connectivity index (χ0v) is 11.5. The Morgan fingerprint density at radius 1 is 1.25 bits per heavy atom. The smallest absolute Gasteiger partial charge is 0.265 e. The molecular weight excluding hydrogens is 283 g/mol. The van der Waals surface area contributed by atoms with Crippen molar-refractivity contribution in [2.24, 2.45) is 0 Å². The lowest BCUT2D eigenvalue weighted by Gasteiger charge is -2.22. The predicted octanol–water partition coefficient (Wildman–Crippen LogP) is 1.73. The highest BCUT2D eigenvalue weighted by atomic mass is 32.2. The topological polar surface area (TPSA) is 70.2 Å². The molecule has 1 N–H and O–H groups in total. The molecule has 0 aliphatic rings. The minimum absolute atomic E-state index is 0.0526. The van der Waals surface area contributed by atoms with Crippen LogP contribution in [0.25, 0.3) is 0 Å². The molecule has 0 radical (unpaired) electrons. The average Bonchev–Trinajstić information content (AvgIpc) is 2.40. The lowest BCUT2D eigenvalue weighted by Crippen LogP contribution is -2.31. The Morgan fingerprint density at radius 3 is 2.55 bits per heavy atom. The quantitative estimate of drug-likeness (QED) is 0.934. The molecule has 106 valence electrons. The summed E-state index contributed by atoms with van der Waals surface area (Å²) in [6, 6.07) is 7.69. The largest absolute Gasteiger partial charge is 0.328 e. The number of nitrogens with one attached hydrogen (secondary N) is 1. The summed E-state index contributed by atoms with van der Waals surface area (Å²) in [6.07, 6.45) is 1.12. The molecule has 0 saturated carbocycles. The fraction of sp³-hybridized carbons (Fsp3) is 0.154. The van der Waals surface area contributed by atoms with Crippen molar-refractivity contribution in [3.63, 3.8) is 0 Å². The molecule has 20 heavy (non-hydrogen) atoms. The summed E-state index contributed by atoms with van der Waals surface area (Å²) in [6.45, 7) is 1.79. The summed E-state index contributed by atoms with van der Waals surface area (Å²) in [5.41, 5.74) is -0.156. The highest BCUT2D eigenvalue weighted by Crippen LogP contribution is 2.23. The van der Waals surface area contributed by atoms with Crippen molar-refractivity contribution in [1.29, 1.82) is 0 Å². The predicted molar refractivity (Wildman–Crippen MR) is 73.7 cm³/mol. The molecule has 2 rings (SSSR count). The van der Waals surface area contributed by atoms with Crippen molar-refractivity contribution in [2.45, 2.75) is 11.8 Å². The van der Waals surface area contributed by atoms with Gasteiger partial charge in [-0.1, -0.05) is 6.07 Å². The normalized spacial score (nSPS) is 11.3. The number of rotatable bonds is 4. The Bertz CT molecular complexity index is 751. The number of aromatic amines is 1. The van der Waals surface area contributed by atoms with E-state index in [2.05, 4.69) is 4.98 Å². The Labute approximate surface area is 115 Å². The first kappa shape index (κ1) is 14.3. The maximum atomic E-state index is 13.2. The summed E-state index contributed by atoms with van der Waals surface area (Å²) in [5.74, 6) is -0.516. The van der Waals surface area contributed by atoms with Gasteiger partial charge in [0, 0.05) is 18.8 Å². The third kappa shape index (κ3) is 2.72. The SMILES string of the molecule is CCN(c1cccc(F)c1)S(=O)(=O)c1ccc(=O)[nH]c1. The second kappa shape index (κ2) is 5.46. The monoisotopic (exact) mass is 296 g/mol. The zero-order valence-electron chi connectivity index (χ0n) is 10.7. The molecule has 0 spiro atoms. The third-order valence-electron chi connectivity index (χ3n) is 2.73. The van der Waals surface area contributed by atoms with Crippen LogP contribution in [0.4, 0.5) is 10.1 Å². The molecule has 5 nitrogen and oxygen atoms in total. The first-order chi connectivity index (χ1) is 9.45. The minimum atomic E-state index is -3.84. The van der Waals surface area contributed by atoms with Gasteiger partial charge in [-0.15, -0.1) is 0 Å². The van der Waals surface area contributed by atoms with Crippen molar-refractivity contribution >= 4 is 15.7 Å². The van der Waals surface area contributed by atoms with Crippen LogP contribution in [0.2, 0.25) is 0 Å². The van der Waals surface area contributed by atoms with E-state index in [1.165, 1.54) is 24.3 Å². The number of aromatic nitrogens is 1. The molecule has 0 saturated heterocycles. The van der Waals surface area contributed by atoms with Crippen LogP contribution in [0.15, 0.2) is 52.3 Å². The van der Waals surface area contributed by atoms with Crippen LogP contribution in [0.1, 0.15) is 6.92 Å². The number of hydrogen-bond donors (Lipinski definition) is 1. The van der Waals surface area contributed by atoms with Crippen molar-refractivity contribution in [3.8, 4) is 0 Å². The second-order valence-corrected chi connectivity index (χ2v) is 5.90. The van der Waals surface area contributed by atoms with Gasteiger partial charge in [0.15, 0.2) is 0 Å². The lowest BCUT2D eigenvalue weighted by atomic mass is 10.3. The fourth-order valence-electron chi connectivity index (χ4n) is 1.81. The van der Waals surface area contributed by atoms with Crippen molar-refractivity contribution in [3.05, 3.63) is 58.8 Å². The van der Waals surface area contributed by atoms with E-state index in [4.69, 9.17) is 0 Å². The third-order valence-corrected chi connectivity index (χ3v) is 4.63. The van der Waals surface area contributed by atoms with Gasteiger partial charge in [0.1, 0.15) is 10.7 Å². The molecule has 0 unspecified atom stereocenters. The van der Waals surface area contributed by atoms with Gasteiger partial charge in [0.05, 0.1) is 5.69 Å². The fourth-order valence-corrected chi connectivity index (χ4v) is 3.24. The van der Waals surface area contributed by atoms with Gasteiger partial charge in [-0.2, -0.15) is 0 Å². The minimum Gasteiger partial charge on any atom is -0.328 e. The van der Waals surface area contributed by atoms with E-state index in [0.717, 1.165) is 22.6 Å². The summed E-state index contributed by atoms with van der Waals surface area (Å²) < 4.78 is 39.2. The van der Waals surface area contributed by atoms with Gasteiger partial charge in [-0.05, 0) is 31.2 Å². The zero-order chi connectivity index (χ0) is 14.8. The number of halogens is 1. The number of sulfonamides is 1. The summed E-state index contributed by atoms with van der Waals surface area (Å²) >= 11 is 0. The van der Waals surface area contributed by atoms with Crippen LogP contribution in [0.3, 0.4) is 0 Å². The van der Waals surface area contributed by atoms with Crippen molar-refractivity contribution in [2.75, 3.05) is 10.8 Å². The van der Waals surface area contributed by atoms with Crippen molar-refractivity contribution < 1.29 is 12.8 Å². The Kier molecular flexibility index (Phi) is 3.89. The Balaban J connectivity index is 2.50. The molecule has 1 aromatic carbocycles. The number of benzene rings is 1. The van der Waals surface area contributed by atoms with E-state index in [0.29, 0.717) is 0 Å². The standard InChI is InChI=1S/C13H13FN2O3S/c1-2-16(11-5-3-4-10(14)8-11)20(18,19)12-6-7-13(17)15-9-12/h3-9H,2H2,1H3,(H,15,17). The van der Waals surface area contributed by atoms with E-state index in [1.807, 2.05) is 0 Å². The van der Waals surface area contributed by atoms with Gasteiger partial charge in [0.2, 0.25) is 5.56 Å². The van der Waals surface area contributed by atoms with Gasteiger partial charge in [-0.3, -0.25) is 9.10 Å². The van der Waals surface area contributed by atoms with Crippen LogP contribution in [-0.2, 0) is 10.0 Å². The van der Waals surface area contributed by atoms with E-state index >= 15 is 0 Å². The van der Waals surface area contributed by atoms with E-state index in [9.17, 15) is 17.6 Å². The molecule has 0 atom stereocenters. The van der Waals surface area contributed by atoms with Crippen LogP contribution in [0, 0.1) is 5.82 Å². The Morgan fingerprint density at radius 2 is 2.00 bits per heavy atom. The van der Waals surface area contributed by atoms with Gasteiger partial charge in [0.25, 0.3) is 10.0 Å². The highest BCUT2D eigenvalue weighted by Gasteiger charge is 2.23. The lowest BCUT2D eigenvalue weighted by molar-refractivity contribution is 0.591. The number of pyridine rings is 1. The number of nitrogens with zero attached hydrogens (tertiary/aromatic N) is 1. The first-order valence-corrected chi connectivity index (χ1v) is 7.36. The van der Waals surface area contributed by atoms with Gasteiger partial charge >= 0.3 is 0 Å². The first-order valence-electron chi connectivity index (χ1n) is 5.92. The van der Waals surface area contributed by atoms with Gasteiger partial charge in [-0.25, -0.2) is 12.8 Å². The molecular formula is C13H13FN2O3S. The molecule has 0 fully saturated rings. The molecule has 0 aliphatic carbocycles. The molecule has 2 aromatic rings. The second-order valence-electron chi connectivity index (χ2n) is 4.04. The summed E-state index contributed by atoms with van der Waals surface area (Å²) in [5, 5.41) is 0. The highest BCUT2D eigenvalue weighted by molar-refractivity contribution is 7.92. The van der Waals surface area contributed by atoms with Crippen molar-refractivity contribution in [1.82, 2.24) is 4.98 Å². The van der Waals surface area contributed by atoms with Crippen LogP contribution >= 0.6 is 0 Å². The van der Waals surface area contributed by atoms with Crippen LogP contribution in [-0.4, -0.2) is 19.9 Å². The molecule has 7 heteroatoms. The molecule has 0 aliphatic heterocycles. The molecule has 0 amide bonds. The number of hydrogen-bond acceptors (Lipinski definition) is 3. The number of H-pyrrole nitrogens is 1. The van der Waals surface area contributed by atoms with E-state index in [-0.39, 0.29) is 17.1 Å². The number of anilines is 1. The molecule has 0 bridgehead atoms. The summed E-state index contributed by atoms with van der Waals surface area (Å²) in [7, 11) is -3.84. The maximum absolute atomic E-state index is 13.2. The average molecular weight is 296 g/mol. The molecule has 1 heterocycles. The maximum Gasteiger partial charge on any atom is 0.265 e.